The van der Waals surface area contributed by atoms with Gasteiger partial charge in [-0.15, -0.1) is 0 Å². The Morgan fingerprint density at radius 3 is 2.39 bits per heavy atom. The zero-order valence-corrected chi connectivity index (χ0v) is 16.9. The van der Waals surface area contributed by atoms with E-state index in [-0.39, 0.29) is 24.7 Å². The predicted molar refractivity (Wildman–Crippen MR) is 115 cm³/mol. The van der Waals surface area contributed by atoms with E-state index in [0.717, 1.165) is 21.9 Å². The van der Waals surface area contributed by atoms with Crippen molar-refractivity contribution in [2.45, 2.75) is 12.8 Å². The summed E-state index contributed by atoms with van der Waals surface area (Å²) in [6, 6.07) is 19.5. The highest BCUT2D eigenvalue weighted by Gasteiger charge is 2.11. The van der Waals surface area contributed by atoms with Crippen molar-refractivity contribution in [1.82, 2.24) is 10.6 Å². The molecule has 6 nitrogen and oxygen atoms in total. The van der Waals surface area contributed by atoms with Gasteiger partial charge in [-0.1, -0.05) is 54.6 Å². The van der Waals surface area contributed by atoms with Crippen LogP contribution in [0.1, 0.15) is 11.1 Å². The van der Waals surface area contributed by atoms with Crippen molar-refractivity contribution in [2.24, 2.45) is 0 Å². The van der Waals surface area contributed by atoms with Gasteiger partial charge in [0.25, 0.3) is 5.91 Å². The van der Waals surface area contributed by atoms with Gasteiger partial charge in [0.15, 0.2) is 6.61 Å². The van der Waals surface area contributed by atoms with Crippen molar-refractivity contribution >= 4 is 28.6 Å². The molecular weight excluding hydrogens is 399 g/mol. The summed E-state index contributed by atoms with van der Waals surface area (Å²) in [5.74, 6) is -1.77. The van der Waals surface area contributed by atoms with Crippen molar-refractivity contribution in [2.75, 3.05) is 19.7 Å². The number of halogens is 1. The Balaban J connectivity index is 1.34. The predicted octanol–water partition coefficient (Wildman–Crippen LogP) is 2.54. The molecule has 0 heterocycles. The number of hydrogen-bond donors (Lipinski definition) is 2. The van der Waals surface area contributed by atoms with Crippen LogP contribution in [0.15, 0.2) is 66.7 Å². The van der Waals surface area contributed by atoms with Crippen LogP contribution in [0, 0.1) is 5.82 Å². The van der Waals surface area contributed by atoms with Gasteiger partial charge in [-0.3, -0.25) is 14.4 Å². The number of benzene rings is 3. The molecule has 160 valence electrons. The van der Waals surface area contributed by atoms with E-state index >= 15 is 0 Å². The summed E-state index contributed by atoms with van der Waals surface area (Å²) in [5, 5.41) is 7.16. The number of carbonyl (C=O) groups excluding carboxylic acids is 3. The molecule has 0 aliphatic heterocycles. The van der Waals surface area contributed by atoms with Crippen LogP contribution in [-0.2, 0) is 32.0 Å². The minimum Gasteiger partial charge on any atom is -0.454 e. The van der Waals surface area contributed by atoms with Gasteiger partial charge < -0.3 is 15.4 Å². The molecule has 0 aliphatic carbocycles. The standard InChI is InChI=1S/C24H23FN2O4/c25-20-10-8-17(9-11-20)12-13-26-23(29)16-31-24(30)15-27-22(28)14-19-6-3-5-18-4-1-2-7-21(18)19/h1-11H,12-16H2,(H,26,29)(H,27,28). The maximum atomic E-state index is 12.9. The minimum absolute atomic E-state index is 0.137. The molecule has 7 heteroatoms. The SMILES string of the molecule is O=C(COC(=O)CNC(=O)Cc1cccc2ccccc12)NCCc1ccc(F)cc1. The molecule has 3 rings (SSSR count). The van der Waals surface area contributed by atoms with Gasteiger partial charge in [-0.25, -0.2) is 4.39 Å². The van der Waals surface area contributed by atoms with Gasteiger partial charge in [0.2, 0.25) is 5.91 Å². The summed E-state index contributed by atoms with van der Waals surface area (Å²) in [7, 11) is 0. The van der Waals surface area contributed by atoms with Crippen molar-refractivity contribution in [3.8, 4) is 0 Å². The number of carbonyl (C=O) groups is 3. The number of nitrogens with one attached hydrogen (secondary N) is 2. The second-order valence-corrected chi connectivity index (χ2v) is 6.98. The molecule has 2 N–H and O–H groups in total. The Hall–Kier alpha value is -3.74. The van der Waals surface area contributed by atoms with Crippen molar-refractivity contribution in [3.63, 3.8) is 0 Å². The second-order valence-electron chi connectivity index (χ2n) is 6.98. The quantitative estimate of drug-likeness (QED) is 0.519. The van der Waals surface area contributed by atoms with Crippen LogP contribution >= 0.6 is 0 Å². The summed E-state index contributed by atoms with van der Waals surface area (Å²) >= 11 is 0. The van der Waals surface area contributed by atoms with Crippen LogP contribution in [0.5, 0.6) is 0 Å². The first-order chi connectivity index (χ1) is 15.0. The maximum Gasteiger partial charge on any atom is 0.325 e. The van der Waals surface area contributed by atoms with Crippen LogP contribution < -0.4 is 10.6 Å². The topological polar surface area (TPSA) is 84.5 Å². The third-order valence-electron chi connectivity index (χ3n) is 4.67. The van der Waals surface area contributed by atoms with Gasteiger partial charge in [0.1, 0.15) is 12.4 Å². The fraction of sp³-hybridized carbons (Fsp3) is 0.208. The van der Waals surface area contributed by atoms with Crippen molar-refractivity contribution in [3.05, 3.63) is 83.7 Å². The smallest absolute Gasteiger partial charge is 0.325 e. The molecule has 0 radical (unpaired) electrons. The highest BCUT2D eigenvalue weighted by Crippen LogP contribution is 2.18. The normalized spacial score (nSPS) is 10.5. The molecule has 0 saturated carbocycles. The molecular formula is C24H23FN2O4. The molecule has 3 aromatic carbocycles. The Bertz CT molecular complexity index is 1060. The number of hydrogen-bond acceptors (Lipinski definition) is 4. The Morgan fingerprint density at radius 1 is 0.839 bits per heavy atom. The Kier molecular flexibility index (Phi) is 7.70. The first-order valence-electron chi connectivity index (χ1n) is 9.91. The van der Waals surface area contributed by atoms with E-state index in [1.54, 1.807) is 12.1 Å². The van der Waals surface area contributed by atoms with Gasteiger partial charge >= 0.3 is 5.97 Å². The maximum absolute atomic E-state index is 12.9. The molecule has 0 spiro atoms. The van der Waals surface area contributed by atoms with E-state index in [9.17, 15) is 18.8 Å². The molecule has 0 aliphatic rings. The van der Waals surface area contributed by atoms with Gasteiger partial charge in [-0.05, 0) is 40.5 Å². The van der Waals surface area contributed by atoms with Crippen molar-refractivity contribution in [1.29, 1.82) is 0 Å². The van der Waals surface area contributed by atoms with E-state index < -0.39 is 18.5 Å². The van der Waals surface area contributed by atoms with E-state index in [1.807, 2.05) is 42.5 Å². The lowest BCUT2D eigenvalue weighted by molar-refractivity contribution is -0.148. The van der Waals surface area contributed by atoms with Crippen LogP contribution in [0.25, 0.3) is 10.8 Å². The molecule has 0 saturated heterocycles. The molecule has 0 atom stereocenters. The first kappa shape index (κ1) is 22.0. The lowest BCUT2D eigenvalue weighted by Crippen LogP contribution is -2.35. The number of fused-ring (bicyclic) bond motifs is 1. The molecule has 0 aromatic heterocycles. The molecule has 3 aromatic rings. The number of amides is 2. The summed E-state index contributed by atoms with van der Waals surface area (Å²) in [6.45, 7) is -0.405. The highest BCUT2D eigenvalue weighted by molar-refractivity contribution is 5.91. The second kappa shape index (κ2) is 10.9. The van der Waals surface area contributed by atoms with Crippen LogP contribution in [0.4, 0.5) is 4.39 Å². The lowest BCUT2D eigenvalue weighted by Gasteiger charge is -2.09. The van der Waals surface area contributed by atoms with Crippen molar-refractivity contribution < 1.29 is 23.5 Å². The Morgan fingerprint density at radius 2 is 1.58 bits per heavy atom. The van der Waals surface area contributed by atoms with Gasteiger partial charge in [0.05, 0.1) is 6.42 Å². The average molecular weight is 422 g/mol. The lowest BCUT2D eigenvalue weighted by atomic mass is 10.0. The zero-order chi connectivity index (χ0) is 22.1. The third-order valence-corrected chi connectivity index (χ3v) is 4.67. The molecule has 0 bridgehead atoms. The van der Waals surface area contributed by atoms with E-state index in [4.69, 9.17) is 4.74 Å². The van der Waals surface area contributed by atoms with Crippen LogP contribution in [0.3, 0.4) is 0 Å². The number of rotatable bonds is 9. The summed E-state index contributed by atoms with van der Waals surface area (Å²) in [5.41, 5.74) is 1.75. The number of esters is 1. The highest BCUT2D eigenvalue weighted by atomic mass is 19.1. The van der Waals surface area contributed by atoms with E-state index in [2.05, 4.69) is 10.6 Å². The molecule has 31 heavy (non-hydrogen) atoms. The summed E-state index contributed by atoms with van der Waals surface area (Å²) in [4.78, 5) is 35.7. The van der Waals surface area contributed by atoms with Gasteiger partial charge in [-0.2, -0.15) is 0 Å². The largest absolute Gasteiger partial charge is 0.454 e. The van der Waals surface area contributed by atoms with E-state index in [1.165, 1.54) is 12.1 Å². The third kappa shape index (κ3) is 6.92. The minimum atomic E-state index is -0.694. The monoisotopic (exact) mass is 422 g/mol. The fourth-order valence-electron chi connectivity index (χ4n) is 3.10. The van der Waals surface area contributed by atoms with Gasteiger partial charge in [0, 0.05) is 6.54 Å². The Labute approximate surface area is 179 Å². The summed E-state index contributed by atoms with van der Waals surface area (Å²) < 4.78 is 17.7. The average Bonchev–Trinajstić information content (AvgIpc) is 2.78. The van der Waals surface area contributed by atoms with Crippen LogP contribution in [-0.4, -0.2) is 37.5 Å². The molecule has 2 amide bonds. The van der Waals surface area contributed by atoms with E-state index in [0.29, 0.717) is 13.0 Å². The van der Waals surface area contributed by atoms with Crippen LogP contribution in [0.2, 0.25) is 0 Å². The number of ether oxygens (including phenoxy) is 1. The molecule has 0 unspecified atom stereocenters. The molecule has 0 fully saturated rings. The first-order valence-corrected chi connectivity index (χ1v) is 9.91. The fourth-order valence-corrected chi connectivity index (χ4v) is 3.10. The zero-order valence-electron chi connectivity index (χ0n) is 16.9. The summed E-state index contributed by atoms with van der Waals surface area (Å²) in [6.07, 6.45) is 0.669.